The molecule has 2 aromatic heterocycles. The number of benzene rings is 3. The van der Waals surface area contributed by atoms with Crippen LogP contribution in [-0.2, 0) is 12.0 Å². The van der Waals surface area contributed by atoms with E-state index >= 15 is 0 Å². The Bertz CT molecular complexity index is 1580. The molecule has 0 N–H and O–H groups in total. The zero-order valence-electron chi connectivity index (χ0n) is 20.9. The number of ether oxygens (including phenoxy) is 1. The zero-order chi connectivity index (χ0) is 24.8. The van der Waals surface area contributed by atoms with Crippen molar-refractivity contribution in [2.75, 3.05) is 0 Å². The molecule has 2 aliphatic rings. The van der Waals surface area contributed by atoms with Crippen LogP contribution in [0.3, 0.4) is 0 Å². The van der Waals surface area contributed by atoms with E-state index in [1.54, 1.807) is 0 Å². The fourth-order valence-corrected chi connectivity index (χ4v) is 6.83. The smallest absolute Gasteiger partial charge is 0.258 e. The van der Waals surface area contributed by atoms with Gasteiger partial charge in [0, 0.05) is 16.4 Å². The number of aryl methyl sites for hydroxylation is 1. The molecule has 7 rings (SSSR count). The third-order valence-corrected chi connectivity index (χ3v) is 8.41. The van der Waals surface area contributed by atoms with E-state index in [0.29, 0.717) is 24.2 Å². The van der Waals surface area contributed by atoms with Gasteiger partial charge >= 0.3 is 0 Å². The summed E-state index contributed by atoms with van der Waals surface area (Å²) in [4.78, 5) is 9.42. The molecule has 5 nitrogen and oxygen atoms in total. The van der Waals surface area contributed by atoms with Crippen LogP contribution in [0.5, 0.6) is 5.75 Å². The molecule has 3 atom stereocenters. The molecule has 5 heteroatoms. The summed E-state index contributed by atoms with van der Waals surface area (Å²) in [7, 11) is 0. The van der Waals surface area contributed by atoms with Crippen molar-refractivity contribution in [3.05, 3.63) is 108 Å². The Kier molecular flexibility index (Phi) is 5.31. The predicted octanol–water partition coefficient (Wildman–Crippen LogP) is 7.28. The number of pyridine rings is 1. The number of nitrogens with zero attached hydrogens (tertiary/aromatic N) is 3. The zero-order valence-corrected chi connectivity index (χ0v) is 20.9. The summed E-state index contributed by atoms with van der Waals surface area (Å²) in [6.45, 7) is 2.28. The molecule has 0 spiro atoms. The van der Waals surface area contributed by atoms with Crippen LogP contribution >= 0.6 is 0 Å². The van der Waals surface area contributed by atoms with Crippen molar-refractivity contribution >= 4 is 10.9 Å². The van der Waals surface area contributed by atoms with Crippen LogP contribution in [0.2, 0.25) is 0 Å². The number of hydrogen-bond donors (Lipinski definition) is 0. The van der Waals surface area contributed by atoms with E-state index in [2.05, 4.69) is 64.7 Å². The predicted molar refractivity (Wildman–Crippen MR) is 143 cm³/mol. The summed E-state index contributed by atoms with van der Waals surface area (Å²) in [6, 6.07) is 29.7. The van der Waals surface area contributed by atoms with E-state index in [-0.39, 0.29) is 5.41 Å². The van der Waals surface area contributed by atoms with Gasteiger partial charge in [-0.3, -0.25) is 0 Å². The van der Waals surface area contributed by atoms with Crippen molar-refractivity contribution in [3.8, 4) is 17.2 Å². The van der Waals surface area contributed by atoms with Crippen molar-refractivity contribution in [1.29, 1.82) is 0 Å². The van der Waals surface area contributed by atoms with Crippen molar-refractivity contribution in [3.63, 3.8) is 0 Å². The number of hydrogen-bond acceptors (Lipinski definition) is 5. The Morgan fingerprint density at radius 2 is 1.78 bits per heavy atom. The minimum atomic E-state index is -0.0948. The molecule has 37 heavy (non-hydrogen) atoms. The highest BCUT2D eigenvalue weighted by Crippen LogP contribution is 2.61. The Hall–Kier alpha value is -3.99. The Balaban J connectivity index is 1.31. The standard InChI is InChI=1S/C32H29N3O2/c1-21-33-31(37-35-21)28-16-15-27(36-20-26-14-12-23-7-5-6-10-30(23)34-26)18-29(28)32(24-8-3-2-4-9-24)19-22-11-13-25(32)17-22/h2-10,12,14-16,18,22,25H,11,13,17,19-20H2,1H3/t22-,25-,32-/m0/s1. The fourth-order valence-electron chi connectivity index (χ4n) is 6.83. The number of fused-ring (bicyclic) bond motifs is 3. The molecule has 2 fully saturated rings. The number of para-hydroxylation sites is 1. The van der Waals surface area contributed by atoms with Gasteiger partial charge < -0.3 is 9.26 Å². The highest BCUT2D eigenvalue weighted by Gasteiger charge is 2.53. The fraction of sp³-hybridized carbons (Fsp3) is 0.281. The van der Waals surface area contributed by atoms with Gasteiger partial charge in [-0.15, -0.1) is 0 Å². The molecule has 0 radical (unpaired) electrons. The maximum Gasteiger partial charge on any atom is 0.258 e. The quantitative estimate of drug-likeness (QED) is 0.252. The van der Waals surface area contributed by atoms with Crippen molar-refractivity contribution in [2.24, 2.45) is 11.8 Å². The lowest BCUT2D eigenvalue weighted by Gasteiger charge is -2.40. The minimum Gasteiger partial charge on any atom is -0.487 e. The van der Waals surface area contributed by atoms with Crippen LogP contribution in [0.4, 0.5) is 0 Å². The van der Waals surface area contributed by atoms with E-state index < -0.39 is 0 Å². The van der Waals surface area contributed by atoms with Crippen LogP contribution in [0.1, 0.15) is 48.3 Å². The largest absolute Gasteiger partial charge is 0.487 e. The Morgan fingerprint density at radius 1 is 0.919 bits per heavy atom. The van der Waals surface area contributed by atoms with E-state index in [0.717, 1.165) is 40.2 Å². The Labute approximate surface area is 216 Å². The third kappa shape index (κ3) is 3.81. The minimum absolute atomic E-state index is 0.0948. The van der Waals surface area contributed by atoms with Gasteiger partial charge in [0.1, 0.15) is 12.4 Å². The summed E-state index contributed by atoms with van der Waals surface area (Å²) in [5.41, 5.74) is 5.41. The molecule has 2 saturated carbocycles. The summed E-state index contributed by atoms with van der Waals surface area (Å²) >= 11 is 0. The normalized spacial score (nSPS) is 22.5. The molecule has 0 unspecified atom stereocenters. The van der Waals surface area contributed by atoms with Gasteiger partial charge in [-0.05, 0) is 79.5 Å². The molecule has 184 valence electrons. The summed E-state index contributed by atoms with van der Waals surface area (Å²) in [5, 5.41) is 5.23. The highest BCUT2D eigenvalue weighted by molar-refractivity contribution is 5.78. The first-order valence-electron chi connectivity index (χ1n) is 13.2. The maximum atomic E-state index is 6.37. The van der Waals surface area contributed by atoms with Gasteiger partial charge in [0.05, 0.1) is 11.2 Å². The Morgan fingerprint density at radius 3 is 2.57 bits per heavy atom. The van der Waals surface area contributed by atoms with Gasteiger partial charge in [0.25, 0.3) is 5.89 Å². The lowest BCUT2D eigenvalue weighted by molar-refractivity contribution is 0.295. The van der Waals surface area contributed by atoms with Crippen molar-refractivity contribution < 1.29 is 9.26 Å². The second-order valence-electron chi connectivity index (χ2n) is 10.6. The van der Waals surface area contributed by atoms with E-state index in [4.69, 9.17) is 14.2 Å². The van der Waals surface area contributed by atoms with Gasteiger partial charge in [-0.25, -0.2) is 4.98 Å². The van der Waals surface area contributed by atoms with Gasteiger partial charge in [0.15, 0.2) is 5.82 Å². The highest BCUT2D eigenvalue weighted by atomic mass is 16.5. The summed E-state index contributed by atoms with van der Waals surface area (Å²) in [6.07, 6.45) is 4.97. The number of aromatic nitrogens is 3. The molecular weight excluding hydrogens is 458 g/mol. The van der Waals surface area contributed by atoms with Gasteiger partial charge in [-0.1, -0.05) is 66.2 Å². The molecule has 0 saturated heterocycles. The SMILES string of the molecule is Cc1noc(-c2ccc(OCc3ccc4ccccc4n3)cc2[C@]2(c3ccccc3)C[C@H]3CC[C@H]2C3)n1. The second-order valence-corrected chi connectivity index (χ2v) is 10.6. The first kappa shape index (κ1) is 22.2. The maximum absolute atomic E-state index is 6.37. The second kappa shape index (κ2) is 8.84. The van der Waals surface area contributed by atoms with Crippen LogP contribution in [0.15, 0.2) is 89.5 Å². The summed E-state index contributed by atoms with van der Waals surface area (Å²) < 4.78 is 12.1. The molecule has 2 heterocycles. The first-order chi connectivity index (χ1) is 18.2. The average molecular weight is 488 g/mol. The molecule has 0 aliphatic heterocycles. The molecule has 3 aromatic carbocycles. The average Bonchev–Trinajstić information content (AvgIpc) is 3.69. The monoisotopic (exact) mass is 487 g/mol. The molecular formula is C32H29N3O2. The van der Waals surface area contributed by atoms with Crippen LogP contribution < -0.4 is 4.74 Å². The molecule has 5 aromatic rings. The van der Waals surface area contributed by atoms with Crippen molar-refractivity contribution in [2.45, 2.75) is 44.6 Å². The van der Waals surface area contributed by atoms with Gasteiger partial charge in [0.2, 0.25) is 0 Å². The first-order valence-corrected chi connectivity index (χ1v) is 13.2. The topological polar surface area (TPSA) is 61.0 Å². The third-order valence-electron chi connectivity index (χ3n) is 8.41. The lowest BCUT2D eigenvalue weighted by Crippen LogP contribution is -2.34. The molecule has 2 aliphatic carbocycles. The van der Waals surface area contributed by atoms with Crippen LogP contribution in [0.25, 0.3) is 22.4 Å². The molecule has 0 amide bonds. The van der Waals surface area contributed by atoms with E-state index in [9.17, 15) is 0 Å². The van der Waals surface area contributed by atoms with Gasteiger partial charge in [-0.2, -0.15) is 4.98 Å². The molecule has 2 bridgehead atoms. The summed E-state index contributed by atoms with van der Waals surface area (Å²) in [5.74, 6) is 3.38. The number of rotatable bonds is 6. The van der Waals surface area contributed by atoms with E-state index in [1.807, 2.05) is 37.3 Å². The van der Waals surface area contributed by atoms with Crippen LogP contribution in [-0.4, -0.2) is 15.1 Å². The van der Waals surface area contributed by atoms with Crippen molar-refractivity contribution in [1.82, 2.24) is 15.1 Å². The lowest BCUT2D eigenvalue weighted by atomic mass is 9.63. The van der Waals surface area contributed by atoms with E-state index in [1.165, 1.54) is 30.4 Å². The van der Waals surface area contributed by atoms with Crippen LogP contribution in [0, 0.1) is 18.8 Å².